The first-order valence-electron chi connectivity index (χ1n) is 13.5. The van der Waals surface area contributed by atoms with E-state index in [4.69, 9.17) is 28.4 Å². The van der Waals surface area contributed by atoms with Gasteiger partial charge in [0, 0.05) is 18.7 Å². The van der Waals surface area contributed by atoms with Crippen LogP contribution in [0.25, 0.3) is 0 Å². The third kappa shape index (κ3) is 6.56. The van der Waals surface area contributed by atoms with Crippen molar-refractivity contribution in [2.45, 2.75) is 45.1 Å². The number of cyclic esters (lactones) is 2. The lowest BCUT2D eigenvalue weighted by Crippen LogP contribution is -2.50. The van der Waals surface area contributed by atoms with Gasteiger partial charge in [0.1, 0.15) is 18.8 Å². The highest BCUT2D eigenvalue weighted by atomic mass is 16.7. The topological polar surface area (TPSA) is 132 Å². The van der Waals surface area contributed by atoms with Crippen molar-refractivity contribution in [2.24, 2.45) is 5.92 Å². The van der Waals surface area contributed by atoms with Crippen LogP contribution in [0.1, 0.15) is 35.5 Å². The zero-order valence-electron chi connectivity index (χ0n) is 23.4. The van der Waals surface area contributed by atoms with E-state index < -0.39 is 42.0 Å². The van der Waals surface area contributed by atoms with Gasteiger partial charge in [-0.15, -0.1) is 0 Å². The van der Waals surface area contributed by atoms with Crippen LogP contribution in [0.3, 0.4) is 0 Å². The van der Waals surface area contributed by atoms with E-state index in [-0.39, 0.29) is 30.6 Å². The van der Waals surface area contributed by atoms with Crippen LogP contribution in [0, 0.1) is 12.3 Å². The van der Waals surface area contributed by atoms with E-state index >= 15 is 0 Å². The minimum absolute atomic E-state index is 0.0641. The maximum Gasteiger partial charge on any atom is 0.332 e. The Bertz CT molecular complexity index is 1450. The molecule has 0 spiro atoms. The summed E-state index contributed by atoms with van der Waals surface area (Å²) >= 11 is 0. The number of hydrogen-bond acceptors (Lipinski definition) is 10. The van der Waals surface area contributed by atoms with Crippen molar-refractivity contribution in [3.8, 4) is 23.0 Å². The third-order valence-corrected chi connectivity index (χ3v) is 6.84. The molecule has 3 heterocycles. The number of hydrogen-bond donors (Lipinski definition) is 1. The first kappa shape index (κ1) is 28.7. The molecule has 2 aliphatic rings. The number of methoxy groups -OCH3 is 1. The molecule has 4 atom stereocenters. The normalized spacial score (nSPS) is 21.7. The molecule has 219 valence electrons. The number of carbonyl (C=O) groups is 3. The summed E-state index contributed by atoms with van der Waals surface area (Å²) in [7, 11) is 1.44. The zero-order chi connectivity index (χ0) is 29.6. The number of carbonyl (C=O) groups excluding carboxylic acids is 3. The number of nitrogens with zero attached hydrogens (tertiary/aromatic N) is 1. The molecule has 11 nitrogen and oxygen atoms in total. The summed E-state index contributed by atoms with van der Waals surface area (Å²) in [5, 5.41) is 2.62. The van der Waals surface area contributed by atoms with Gasteiger partial charge < -0.3 is 33.7 Å². The van der Waals surface area contributed by atoms with Gasteiger partial charge in [-0.1, -0.05) is 36.4 Å². The second kappa shape index (κ2) is 12.8. The van der Waals surface area contributed by atoms with Crippen molar-refractivity contribution < 1.29 is 42.8 Å². The quantitative estimate of drug-likeness (QED) is 0.399. The van der Waals surface area contributed by atoms with Gasteiger partial charge in [0.25, 0.3) is 5.91 Å². The second-order valence-electron chi connectivity index (χ2n) is 9.89. The molecule has 3 aromatic rings. The summed E-state index contributed by atoms with van der Waals surface area (Å²) in [6.45, 7) is 3.39. The molecule has 42 heavy (non-hydrogen) atoms. The van der Waals surface area contributed by atoms with E-state index in [1.807, 2.05) is 36.4 Å². The van der Waals surface area contributed by atoms with Crippen LogP contribution in [0.4, 0.5) is 0 Å². The maximum atomic E-state index is 13.5. The number of esters is 2. The Kier molecular flexibility index (Phi) is 8.75. The Labute approximate surface area is 243 Å². The van der Waals surface area contributed by atoms with Crippen molar-refractivity contribution in [1.82, 2.24) is 10.3 Å². The predicted molar refractivity (Wildman–Crippen MR) is 148 cm³/mol. The Balaban J connectivity index is 1.32. The smallest absolute Gasteiger partial charge is 0.332 e. The molecule has 0 aliphatic carbocycles. The van der Waals surface area contributed by atoms with Crippen LogP contribution in [0.2, 0.25) is 0 Å². The summed E-state index contributed by atoms with van der Waals surface area (Å²) in [5.41, 5.74) is 1.57. The Hall–Kier alpha value is -4.80. The molecule has 1 amide bonds. The zero-order valence-corrected chi connectivity index (χ0v) is 23.4. The average molecular weight is 576 g/mol. The molecule has 2 aliphatic heterocycles. The minimum Gasteiger partial charge on any atom is -0.493 e. The van der Waals surface area contributed by atoms with Crippen LogP contribution in [-0.4, -0.2) is 55.0 Å². The molecule has 1 saturated heterocycles. The Morgan fingerprint density at radius 2 is 1.76 bits per heavy atom. The molecule has 1 unspecified atom stereocenters. The monoisotopic (exact) mass is 575 g/mol. The fourth-order valence-corrected chi connectivity index (χ4v) is 4.72. The van der Waals surface area contributed by atoms with Gasteiger partial charge >= 0.3 is 11.9 Å². The van der Waals surface area contributed by atoms with E-state index in [0.717, 1.165) is 11.1 Å². The van der Waals surface area contributed by atoms with E-state index in [1.54, 1.807) is 31.5 Å². The SMILES string of the molecule is COc1ccnc(C(=O)N[C@@H]2C(=O)O[C@@H](C)[CH][C@H](Cc3ccccc3)C(=O)OC2C)c1OCc1ccc2c(c1)OCO2. The van der Waals surface area contributed by atoms with Crippen LogP contribution in [0.5, 0.6) is 23.0 Å². The number of aromatic nitrogens is 1. The Morgan fingerprint density at radius 1 is 0.976 bits per heavy atom. The third-order valence-electron chi connectivity index (χ3n) is 6.84. The predicted octanol–water partition coefficient (Wildman–Crippen LogP) is 3.44. The van der Waals surface area contributed by atoms with Crippen molar-refractivity contribution >= 4 is 17.8 Å². The fraction of sp³-hybridized carbons (Fsp3) is 0.323. The number of amides is 1. The number of rotatable bonds is 8. The van der Waals surface area contributed by atoms with E-state index in [1.165, 1.54) is 20.2 Å². The molecular weight excluding hydrogens is 544 g/mol. The van der Waals surface area contributed by atoms with Gasteiger partial charge in [0.05, 0.1) is 13.0 Å². The van der Waals surface area contributed by atoms with Gasteiger partial charge in [0.2, 0.25) is 6.79 Å². The van der Waals surface area contributed by atoms with Crippen LogP contribution >= 0.6 is 0 Å². The molecule has 1 fully saturated rings. The molecule has 1 N–H and O–H groups in total. The van der Waals surface area contributed by atoms with Crippen LogP contribution in [0.15, 0.2) is 60.8 Å². The molecule has 0 bridgehead atoms. The lowest BCUT2D eigenvalue weighted by atomic mass is 9.94. The van der Waals surface area contributed by atoms with E-state index in [0.29, 0.717) is 17.9 Å². The van der Waals surface area contributed by atoms with Gasteiger partial charge in [-0.05, 0) is 43.5 Å². The number of benzene rings is 2. The first-order valence-corrected chi connectivity index (χ1v) is 13.5. The maximum absolute atomic E-state index is 13.5. The van der Waals surface area contributed by atoms with Gasteiger partial charge in [-0.3, -0.25) is 9.59 Å². The summed E-state index contributed by atoms with van der Waals surface area (Å²) in [4.78, 5) is 44.0. The van der Waals surface area contributed by atoms with E-state index in [2.05, 4.69) is 10.3 Å². The highest BCUT2D eigenvalue weighted by molar-refractivity contribution is 5.98. The molecule has 11 heteroatoms. The lowest BCUT2D eigenvalue weighted by molar-refractivity contribution is -0.157. The van der Waals surface area contributed by atoms with Crippen molar-refractivity contribution in [1.29, 1.82) is 0 Å². The summed E-state index contributed by atoms with van der Waals surface area (Å²) < 4.78 is 33.4. The number of fused-ring (bicyclic) bond motifs is 1. The standard InChI is InChI=1S/C31H31N2O9/c1-18-13-22(14-20-7-5-4-6-8-20)30(35)42-19(2)26(31(36)41-18)33-29(34)27-28(24(37-3)11-12-32-27)38-16-21-9-10-23-25(15-21)40-17-39-23/h4-13,15,18-19,22,26H,14,16-17H2,1-3H3,(H,33,34)/t18-,19?,22+,26-/m0/s1. The molecule has 1 aromatic heterocycles. The van der Waals surface area contributed by atoms with Gasteiger partial charge in [-0.2, -0.15) is 0 Å². The summed E-state index contributed by atoms with van der Waals surface area (Å²) in [6.07, 6.45) is 1.66. The lowest BCUT2D eigenvalue weighted by Gasteiger charge is -2.24. The highest BCUT2D eigenvalue weighted by Gasteiger charge is 2.38. The number of ether oxygens (including phenoxy) is 6. The average Bonchev–Trinajstić information content (AvgIpc) is 3.46. The highest BCUT2D eigenvalue weighted by Crippen LogP contribution is 2.34. The van der Waals surface area contributed by atoms with Crippen molar-refractivity contribution in [3.05, 3.63) is 84.0 Å². The number of nitrogens with one attached hydrogen (secondary N) is 1. The Morgan fingerprint density at radius 3 is 2.55 bits per heavy atom. The summed E-state index contributed by atoms with van der Waals surface area (Å²) in [6, 6.07) is 15.1. The van der Waals surface area contributed by atoms with Crippen LogP contribution < -0.4 is 24.3 Å². The first-order chi connectivity index (χ1) is 20.3. The van der Waals surface area contributed by atoms with Gasteiger partial charge in [0.15, 0.2) is 34.7 Å². The second-order valence-corrected chi connectivity index (χ2v) is 9.89. The molecule has 1 radical (unpaired) electrons. The molecule has 0 saturated carbocycles. The van der Waals surface area contributed by atoms with Gasteiger partial charge in [-0.25, -0.2) is 9.78 Å². The van der Waals surface area contributed by atoms with Crippen LogP contribution in [-0.2, 0) is 32.1 Å². The molecular formula is C31H31N2O9. The molecule has 2 aromatic carbocycles. The van der Waals surface area contributed by atoms with E-state index in [9.17, 15) is 14.4 Å². The minimum atomic E-state index is -1.30. The molecule has 5 rings (SSSR count). The van der Waals surface area contributed by atoms with Crippen molar-refractivity contribution in [2.75, 3.05) is 13.9 Å². The summed E-state index contributed by atoms with van der Waals surface area (Å²) in [5.74, 6) is -1.11. The number of pyridine rings is 1. The largest absolute Gasteiger partial charge is 0.493 e. The van der Waals surface area contributed by atoms with Crippen molar-refractivity contribution in [3.63, 3.8) is 0 Å². The fourth-order valence-electron chi connectivity index (χ4n) is 4.72.